The molecule has 0 spiro atoms. The van der Waals surface area contributed by atoms with Crippen molar-refractivity contribution in [3.05, 3.63) is 157 Å². The van der Waals surface area contributed by atoms with E-state index in [0.717, 1.165) is 19.5 Å². The Labute approximate surface area is 204 Å². The van der Waals surface area contributed by atoms with Crippen molar-refractivity contribution in [2.24, 2.45) is 0 Å². The van der Waals surface area contributed by atoms with E-state index in [0.29, 0.717) is 5.92 Å². The van der Waals surface area contributed by atoms with E-state index in [4.69, 9.17) is 0 Å². The number of pyridine rings is 2. The fraction of sp³-hybridized carbons (Fsp3) is 0.161. The van der Waals surface area contributed by atoms with Crippen LogP contribution in [0.25, 0.3) is 0 Å². The average molecular weight is 448 g/mol. The molecule has 2 aromatic heterocycles. The zero-order valence-electron chi connectivity index (χ0n) is 19.9. The van der Waals surface area contributed by atoms with Crippen LogP contribution in [0.4, 0.5) is 0 Å². The molecular weight excluding hydrogens is 414 g/mol. The van der Waals surface area contributed by atoms with Crippen molar-refractivity contribution in [1.82, 2.24) is 14.9 Å². The number of aromatic nitrogens is 2. The topological polar surface area (TPSA) is 29.0 Å². The summed E-state index contributed by atoms with van der Waals surface area (Å²) in [6.07, 6.45) is 11.5. The van der Waals surface area contributed by atoms with Gasteiger partial charge in [-0.05, 0) is 59.5 Å². The molecule has 0 radical (unpaired) electrons. The molecule has 0 saturated heterocycles. The highest BCUT2D eigenvalue weighted by Crippen LogP contribution is 2.33. The average Bonchev–Trinajstić information content (AvgIpc) is 2.91. The molecule has 1 aliphatic rings. The molecule has 2 aromatic carbocycles. The first-order valence-electron chi connectivity index (χ1n) is 11.5. The Morgan fingerprint density at radius 2 is 1.53 bits per heavy atom. The molecule has 4 aromatic rings. The Kier molecular flexibility index (Phi) is 9.97. The Morgan fingerprint density at radius 3 is 2.12 bits per heavy atom. The normalized spacial score (nSPS) is 14.3. The summed E-state index contributed by atoms with van der Waals surface area (Å²) in [4.78, 5) is 10.4. The number of fused-ring (bicyclic) bond motifs is 1. The first kappa shape index (κ1) is 24.8. The van der Waals surface area contributed by atoms with Crippen molar-refractivity contribution in [2.75, 3.05) is 13.6 Å². The quantitative estimate of drug-likeness (QED) is 0.326. The summed E-state index contributed by atoms with van der Waals surface area (Å²) >= 11 is 0. The minimum atomic E-state index is 0.453. The molecule has 1 aliphatic heterocycles. The van der Waals surface area contributed by atoms with Crippen LogP contribution in [-0.2, 0) is 13.0 Å². The standard InChI is InChI=1S/C22H22N2.C5H5N.C4H6/c1-24-15-20-10-9-17(12-18-6-5-11-23-14-18)13-21(20)22(16-24)19-7-3-2-4-8-19;1-2-4-6-5-3-1;1-3-4-2/h2-11,13-14,22H,12,15-16H2,1H3;1-5H;3-4H,1-2H2. The maximum absolute atomic E-state index is 4.23. The Morgan fingerprint density at radius 1 is 0.824 bits per heavy atom. The lowest BCUT2D eigenvalue weighted by molar-refractivity contribution is 0.295. The molecule has 0 fully saturated rings. The van der Waals surface area contributed by atoms with Crippen LogP contribution in [0.2, 0.25) is 0 Å². The lowest BCUT2D eigenvalue weighted by atomic mass is 9.83. The minimum absolute atomic E-state index is 0.453. The molecular formula is C31H33N3. The van der Waals surface area contributed by atoms with Crippen molar-refractivity contribution in [3.8, 4) is 0 Å². The van der Waals surface area contributed by atoms with E-state index in [9.17, 15) is 0 Å². The van der Waals surface area contributed by atoms with Crippen LogP contribution in [0.15, 0.2) is 129 Å². The van der Waals surface area contributed by atoms with E-state index in [-0.39, 0.29) is 0 Å². The predicted octanol–water partition coefficient (Wildman–Crippen LogP) is 6.69. The van der Waals surface area contributed by atoms with Crippen LogP contribution in [0.1, 0.15) is 33.7 Å². The van der Waals surface area contributed by atoms with Gasteiger partial charge in [-0.3, -0.25) is 9.97 Å². The summed E-state index contributed by atoms with van der Waals surface area (Å²) in [6, 6.07) is 27.7. The van der Waals surface area contributed by atoms with Gasteiger partial charge in [0.25, 0.3) is 0 Å². The molecule has 1 atom stereocenters. The summed E-state index contributed by atoms with van der Waals surface area (Å²) in [7, 11) is 2.21. The van der Waals surface area contributed by atoms with Gasteiger partial charge in [-0.15, -0.1) is 0 Å². The molecule has 5 rings (SSSR count). The van der Waals surface area contributed by atoms with Crippen molar-refractivity contribution >= 4 is 0 Å². The second-order valence-corrected chi connectivity index (χ2v) is 8.23. The van der Waals surface area contributed by atoms with Gasteiger partial charge in [0.05, 0.1) is 0 Å². The monoisotopic (exact) mass is 447 g/mol. The fourth-order valence-electron chi connectivity index (χ4n) is 4.01. The second kappa shape index (κ2) is 13.7. The Hall–Kier alpha value is -3.82. The summed E-state index contributed by atoms with van der Waals surface area (Å²) in [5.74, 6) is 0.453. The first-order chi connectivity index (χ1) is 16.7. The van der Waals surface area contributed by atoms with Crippen molar-refractivity contribution in [3.63, 3.8) is 0 Å². The van der Waals surface area contributed by atoms with Crippen LogP contribution in [0.5, 0.6) is 0 Å². The molecule has 0 bridgehead atoms. The molecule has 0 saturated carbocycles. The van der Waals surface area contributed by atoms with E-state index in [1.165, 1.54) is 27.8 Å². The molecule has 0 amide bonds. The summed E-state index contributed by atoms with van der Waals surface area (Å²) in [6.45, 7) is 8.83. The number of nitrogens with zero attached hydrogens (tertiary/aromatic N) is 3. The number of benzene rings is 2. The number of likely N-dealkylation sites (N-methyl/N-ethyl adjacent to an activating group) is 1. The molecule has 34 heavy (non-hydrogen) atoms. The third kappa shape index (κ3) is 7.65. The Bertz CT molecular complexity index is 1090. The van der Waals surface area contributed by atoms with Crippen LogP contribution in [-0.4, -0.2) is 28.5 Å². The molecule has 3 heteroatoms. The van der Waals surface area contributed by atoms with Crippen LogP contribution >= 0.6 is 0 Å². The van der Waals surface area contributed by atoms with Gasteiger partial charge in [0.15, 0.2) is 0 Å². The van der Waals surface area contributed by atoms with Gasteiger partial charge in [-0.2, -0.15) is 0 Å². The number of rotatable bonds is 4. The maximum Gasteiger partial charge on any atom is 0.0303 e. The third-order valence-corrected chi connectivity index (χ3v) is 5.59. The van der Waals surface area contributed by atoms with Crippen LogP contribution in [0.3, 0.4) is 0 Å². The molecule has 3 heterocycles. The fourth-order valence-corrected chi connectivity index (χ4v) is 4.01. The zero-order chi connectivity index (χ0) is 24.0. The molecule has 172 valence electrons. The van der Waals surface area contributed by atoms with Crippen molar-refractivity contribution < 1.29 is 0 Å². The summed E-state index contributed by atoms with van der Waals surface area (Å²) < 4.78 is 0. The molecule has 0 aliphatic carbocycles. The highest BCUT2D eigenvalue weighted by Gasteiger charge is 2.24. The van der Waals surface area contributed by atoms with Gasteiger partial charge in [0.2, 0.25) is 0 Å². The molecule has 1 unspecified atom stereocenters. The van der Waals surface area contributed by atoms with Gasteiger partial charge < -0.3 is 4.90 Å². The van der Waals surface area contributed by atoms with E-state index < -0.39 is 0 Å². The van der Waals surface area contributed by atoms with E-state index in [1.807, 2.05) is 36.7 Å². The van der Waals surface area contributed by atoms with Gasteiger partial charge >= 0.3 is 0 Å². The SMILES string of the molecule is C=CC=C.CN1Cc2ccc(Cc3cccnc3)cc2C(c2ccccc2)C1.c1ccncc1. The number of allylic oxidation sites excluding steroid dienone is 2. The summed E-state index contributed by atoms with van der Waals surface area (Å²) in [5, 5.41) is 0. The molecule has 0 N–H and O–H groups in total. The predicted molar refractivity (Wildman–Crippen MR) is 143 cm³/mol. The van der Waals surface area contributed by atoms with Gasteiger partial charge in [0, 0.05) is 43.8 Å². The largest absolute Gasteiger partial charge is 0.301 e. The van der Waals surface area contributed by atoms with Gasteiger partial charge in [0.1, 0.15) is 0 Å². The minimum Gasteiger partial charge on any atom is -0.301 e. The smallest absolute Gasteiger partial charge is 0.0303 e. The third-order valence-electron chi connectivity index (χ3n) is 5.59. The Balaban J connectivity index is 0.000000271. The zero-order valence-corrected chi connectivity index (χ0v) is 19.9. The van der Waals surface area contributed by atoms with Crippen LogP contribution < -0.4 is 0 Å². The van der Waals surface area contributed by atoms with Crippen molar-refractivity contribution in [1.29, 1.82) is 0 Å². The van der Waals surface area contributed by atoms with Crippen molar-refractivity contribution in [2.45, 2.75) is 18.9 Å². The molecule has 3 nitrogen and oxygen atoms in total. The van der Waals surface area contributed by atoms with E-state index in [2.05, 4.69) is 89.7 Å². The number of hydrogen-bond acceptors (Lipinski definition) is 3. The van der Waals surface area contributed by atoms with Crippen LogP contribution in [0, 0.1) is 0 Å². The second-order valence-electron chi connectivity index (χ2n) is 8.23. The highest BCUT2D eigenvalue weighted by molar-refractivity contribution is 5.43. The maximum atomic E-state index is 4.23. The highest BCUT2D eigenvalue weighted by atomic mass is 15.1. The first-order valence-corrected chi connectivity index (χ1v) is 11.5. The lowest BCUT2D eigenvalue weighted by Crippen LogP contribution is -2.31. The van der Waals surface area contributed by atoms with E-state index in [1.54, 1.807) is 24.5 Å². The lowest BCUT2D eigenvalue weighted by Gasteiger charge is -2.33. The van der Waals surface area contributed by atoms with E-state index >= 15 is 0 Å². The summed E-state index contributed by atoms with van der Waals surface area (Å²) in [5.41, 5.74) is 6.98. The number of hydrogen-bond donors (Lipinski definition) is 0. The van der Waals surface area contributed by atoms with Gasteiger partial charge in [-0.25, -0.2) is 0 Å². The van der Waals surface area contributed by atoms with Gasteiger partial charge in [-0.1, -0.05) is 86.0 Å².